The first kappa shape index (κ1) is 22.9. The fourth-order valence-corrected chi connectivity index (χ4v) is 3.15. The van der Waals surface area contributed by atoms with E-state index in [1.165, 1.54) is 14.2 Å². The monoisotopic (exact) mass is 441 g/mol. The third-order valence-corrected chi connectivity index (χ3v) is 5.09. The molecule has 0 radical (unpaired) electrons. The number of amides is 3. The topological polar surface area (TPSA) is 117 Å². The summed E-state index contributed by atoms with van der Waals surface area (Å²) in [5, 5.41) is 15.3. The number of esters is 1. The van der Waals surface area contributed by atoms with E-state index in [0.717, 1.165) is 18.4 Å². The molecule has 1 aliphatic carbocycles. The number of nitrogens with zero attached hydrogens (tertiary/aromatic N) is 1. The van der Waals surface area contributed by atoms with Gasteiger partial charge in [-0.05, 0) is 54.8 Å². The second-order valence-corrected chi connectivity index (χ2v) is 7.45. The molecule has 170 valence electrons. The summed E-state index contributed by atoms with van der Waals surface area (Å²) in [4.78, 5) is 37.9. The zero-order chi connectivity index (χ0) is 23.1. The summed E-state index contributed by atoms with van der Waals surface area (Å²) in [6.45, 7) is 0.566. The molecule has 3 amide bonds. The van der Waals surface area contributed by atoms with E-state index in [1.54, 1.807) is 47.4 Å². The highest BCUT2D eigenvalue weighted by Crippen LogP contribution is 2.31. The van der Waals surface area contributed by atoms with Gasteiger partial charge in [0.05, 0.1) is 20.6 Å². The Kier molecular flexibility index (Phi) is 7.54. The fraction of sp³-hybridized carbons (Fsp3) is 0.348. The Bertz CT molecular complexity index is 972. The molecule has 0 atom stereocenters. The molecule has 0 spiro atoms. The van der Waals surface area contributed by atoms with Crippen molar-refractivity contribution in [1.82, 2.24) is 10.2 Å². The van der Waals surface area contributed by atoms with Crippen LogP contribution >= 0.6 is 0 Å². The van der Waals surface area contributed by atoms with Crippen molar-refractivity contribution in [3.05, 3.63) is 53.6 Å². The highest BCUT2D eigenvalue weighted by Gasteiger charge is 2.32. The largest absolute Gasteiger partial charge is 0.504 e. The summed E-state index contributed by atoms with van der Waals surface area (Å²) in [6.07, 6.45) is 1.97. The number of benzene rings is 2. The van der Waals surface area contributed by atoms with Crippen LogP contribution in [0.1, 0.15) is 35.2 Å². The zero-order valence-corrected chi connectivity index (χ0v) is 18.1. The lowest BCUT2D eigenvalue weighted by atomic mass is 10.2. The number of phenols is 1. The molecule has 2 aromatic rings. The van der Waals surface area contributed by atoms with Crippen LogP contribution in [0, 0.1) is 0 Å². The molecule has 0 unspecified atom stereocenters. The van der Waals surface area contributed by atoms with Crippen LogP contribution in [0.2, 0.25) is 0 Å². The average molecular weight is 441 g/mol. The molecular formula is C23H27N3O6. The number of rotatable bonds is 9. The van der Waals surface area contributed by atoms with Crippen molar-refractivity contribution in [3.8, 4) is 11.5 Å². The number of hydrogen-bond acceptors (Lipinski definition) is 6. The molecule has 9 heteroatoms. The lowest BCUT2D eigenvalue weighted by Gasteiger charge is -2.23. The first-order chi connectivity index (χ1) is 15.4. The van der Waals surface area contributed by atoms with Crippen molar-refractivity contribution in [2.24, 2.45) is 0 Å². The minimum Gasteiger partial charge on any atom is -0.504 e. The number of anilines is 1. The zero-order valence-electron chi connectivity index (χ0n) is 18.1. The van der Waals surface area contributed by atoms with Gasteiger partial charge in [-0.3, -0.25) is 9.59 Å². The number of aromatic hydroxyl groups is 1. The van der Waals surface area contributed by atoms with Gasteiger partial charge < -0.3 is 30.1 Å². The number of nitrogens with one attached hydrogen (secondary N) is 2. The lowest BCUT2D eigenvalue weighted by molar-refractivity contribution is -0.140. The first-order valence-corrected chi connectivity index (χ1v) is 10.3. The Labute approximate surface area is 186 Å². The van der Waals surface area contributed by atoms with Gasteiger partial charge in [-0.15, -0.1) is 0 Å². The van der Waals surface area contributed by atoms with Crippen molar-refractivity contribution in [2.75, 3.05) is 26.1 Å². The summed E-state index contributed by atoms with van der Waals surface area (Å²) < 4.78 is 9.68. The maximum absolute atomic E-state index is 12.9. The molecule has 0 aliphatic heterocycles. The predicted octanol–water partition coefficient (Wildman–Crippen LogP) is 2.89. The highest BCUT2D eigenvalue weighted by molar-refractivity contribution is 5.95. The van der Waals surface area contributed by atoms with E-state index in [1.807, 2.05) is 0 Å². The van der Waals surface area contributed by atoms with Crippen molar-refractivity contribution < 1.29 is 29.0 Å². The molecule has 1 saturated carbocycles. The van der Waals surface area contributed by atoms with E-state index < -0.39 is 5.97 Å². The molecule has 1 aliphatic rings. The minimum atomic E-state index is -0.394. The SMILES string of the molecule is COC(=O)CCNC(=O)c1ccc(NC(=O)N(Cc2ccc(O)c(OC)c2)C2CC2)cc1. The second-order valence-electron chi connectivity index (χ2n) is 7.45. The van der Waals surface area contributed by atoms with Crippen LogP contribution < -0.4 is 15.4 Å². The van der Waals surface area contributed by atoms with Crippen molar-refractivity contribution in [3.63, 3.8) is 0 Å². The summed E-state index contributed by atoms with van der Waals surface area (Å²) in [6, 6.07) is 11.5. The molecule has 3 rings (SSSR count). The molecule has 1 fully saturated rings. The van der Waals surface area contributed by atoms with Gasteiger partial charge in [0, 0.05) is 30.4 Å². The van der Waals surface area contributed by atoms with Crippen molar-refractivity contribution in [1.29, 1.82) is 0 Å². The normalized spacial score (nSPS) is 12.6. The Balaban J connectivity index is 1.58. The minimum absolute atomic E-state index is 0.0492. The van der Waals surface area contributed by atoms with E-state index in [4.69, 9.17) is 4.74 Å². The predicted molar refractivity (Wildman–Crippen MR) is 118 cm³/mol. The fourth-order valence-electron chi connectivity index (χ4n) is 3.15. The second kappa shape index (κ2) is 10.5. The molecule has 32 heavy (non-hydrogen) atoms. The maximum Gasteiger partial charge on any atom is 0.322 e. The number of hydrogen-bond donors (Lipinski definition) is 3. The number of carbonyl (C=O) groups excluding carboxylic acids is 3. The molecule has 3 N–H and O–H groups in total. The van der Waals surface area contributed by atoms with E-state index >= 15 is 0 Å². The standard InChI is InChI=1S/C23H27N3O6/c1-31-20-13-15(3-10-19(20)27)14-26(18-8-9-18)23(30)25-17-6-4-16(5-7-17)22(29)24-12-11-21(28)32-2/h3-7,10,13,18,27H,8-9,11-12,14H2,1-2H3,(H,24,29)(H,25,30). The van der Waals surface area contributed by atoms with Crippen LogP contribution in [0.5, 0.6) is 11.5 Å². The quantitative estimate of drug-likeness (QED) is 0.515. The van der Waals surface area contributed by atoms with Crippen molar-refractivity contribution in [2.45, 2.75) is 31.8 Å². The summed E-state index contributed by atoms with van der Waals surface area (Å²) in [7, 11) is 2.77. The van der Waals surface area contributed by atoms with E-state index in [-0.39, 0.29) is 36.7 Å². The smallest absolute Gasteiger partial charge is 0.322 e. The van der Waals surface area contributed by atoms with E-state index in [0.29, 0.717) is 23.5 Å². The van der Waals surface area contributed by atoms with Crippen molar-refractivity contribution >= 4 is 23.6 Å². The van der Waals surface area contributed by atoms with Crippen LogP contribution in [-0.4, -0.2) is 54.7 Å². The van der Waals surface area contributed by atoms with Gasteiger partial charge in [-0.1, -0.05) is 6.07 Å². The van der Waals surface area contributed by atoms with Gasteiger partial charge in [-0.2, -0.15) is 0 Å². The summed E-state index contributed by atoms with van der Waals surface area (Å²) >= 11 is 0. The van der Waals surface area contributed by atoms with Gasteiger partial charge in [0.25, 0.3) is 5.91 Å². The molecule has 0 bridgehead atoms. The Hall–Kier alpha value is -3.75. The first-order valence-electron chi connectivity index (χ1n) is 10.3. The van der Waals surface area contributed by atoms with Crippen LogP contribution in [0.4, 0.5) is 10.5 Å². The molecule has 0 saturated heterocycles. The number of carbonyl (C=O) groups is 3. The highest BCUT2D eigenvalue weighted by atomic mass is 16.5. The average Bonchev–Trinajstić information content (AvgIpc) is 3.63. The van der Waals surface area contributed by atoms with Crippen LogP contribution in [0.25, 0.3) is 0 Å². The van der Waals surface area contributed by atoms with Crippen LogP contribution in [0.15, 0.2) is 42.5 Å². The molecule has 0 aromatic heterocycles. The lowest BCUT2D eigenvalue weighted by Crippen LogP contribution is -2.36. The third-order valence-electron chi connectivity index (χ3n) is 5.09. The van der Waals surface area contributed by atoms with Gasteiger partial charge in [0.1, 0.15) is 0 Å². The maximum atomic E-state index is 12.9. The molecule has 9 nitrogen and oxygen atoms in total. The number of methoxy groups -OCH3 is 2. The van der Waals surface area contributed by atoms with Gasteiger partial charge >= 0.3 is 12.0 Å². The van der Waals surface area contributed by atoms with Gasteiger partial charge in [-0.25, -0.2) is 4.79 Å². The Morgan fingerprint density at radius 2 is 1.81 bits per heavy atom. The Morgan fingerprint density at radius 3 is 2.44 bits per heavy atom. The molecule has 0 heterocycles. The number of urea groups is 1. The van der Waals surface area contributed by atoms with Crippen LogP contribution in [-0.2, 0) is 16.1 Å². The van der Waals surface area contributed by atoms with Gasteiger partial charge in [0.15, 0.2) is 11.5 Å². The van der Waals surface area contributed by atoms with Gasteiger partial charge in [0.2, 0.25) is 0 Å². The van der Waals surface area contributed by atoms with E-state index in [9.17, 15) is 19.5 Å². The van der Waals surface area contributed by atoms with Crippen LogP contribution in [0.3, 0.4) is 0 Å². The van der Waals surface area contributed by atoms with E-state index in [2.05, 4.69) is 15.4 Å². The third kappa shape index (κ3) is 6.13. The Morgan fingerprint density at radius 1 is 1.09 bits per heavy atom. The number of phenolic OH excluding ortho intramolecular Hbond substituents is 1. The summed E-state index contributed by atoms with van der Waals surface area (Å²) in [5.74, 6) is -0.297. The summed E-state index contributed by atoms with van der Waals surface area (Å²) in [5.41, 5.74) is 1.83. The molecular weight excluding hydrogens is 414 g/mol. The molecule has 2 aromatic carbocycles. The number of ether oxygens (including phenoxy) is 2.